The fourth-order valence-electron chi connectivity index (χ4n) is 4.14. The molecular weight excluding hydrogens is 486 g/mol. The molecule has 2 aromatic rings. The van der Waals surface area contributed by atoms with Crippen LogP contribution < -0.4 is 10.5 Å². The monoisotopic (exact) mass is 515 g/mol. The van der Waals surface area contributed by atoms with Crippen molar-refractivity contribution < 1.29 is 14.3 Å². The Labute approximate surface area is 213 Å². The van der Waals surface area contributed by atoms with Crippen LogP contribution in [0.15, 0.2) is 28.0 Å². The summed E-state index contributed by atoms with van der Waals surface area (Å²) in [6, 6.07) is 3.70. The molecule has 0 saturated carbocycles. The van der Waals surface area contributed by atoms with Gasteiger partial charge in [-0.2, -0.15) is 0 Å². The highest BCUT2D eigenvalue weighted by Crippen LogP contribution is 2.34. The largest absolute Gasteiger partial charge is 0.450 e. The molecular formula is C24H29N5O4S2. The van der Waals surface area contributed by atoms with Crippen LogP contribution in [0.5, 0.6) is 0 Å². The van der Waals surface area contributed by atoms with E-state index in [0.29, 0.717) is 65.6 Å². The lowest BCUT2D eigenvalue weighted by Gasteiger charge is -2.35. The fourth-order valence-corrected chi connectivity index (χ4v) is 5.39. The zero-order valence-electron chi connectivity index (χ0n) is 20.3. The highest BCUT2D eigenvalue weighted by Gasteiger charge is 2.33. The van der Waals surface area contributed by atoms with E-state index in [1.54, 1.807) is 35.1 Å². The van der Waals surface area contributed by atoms with Gasteiger partial charge in [-0.3, -0.25) is 18.9 Å². The maximum Gasteiger partial charge on any atom is 0.409 e. The minimum atomic E-state index is -0.344. The molecule has 0 radical (unpaired) electrons. The Morgan fingerprint density at radius 2 is 1.97 bits per heavy atom. The van der Waals surface area contributed by atoms with E-state index in [0.717, 1.165) is 5.56 Å². The van der Waals surface area contributed by atoms with Crippen LogP contribution in [0.2, 0.25) is 0 Å². The van der Waals surface area contributed by atoms with Gasteiger partial charge in [-0.05, 0) is 37.5 Å². The van der Waals surface area contributed by atoms with Crippen LogP contribution in [0.4, 0.5) is 10.6 Å². The smallest absolute Gasteiger partial charge is 0.409 e. The molecule has 0 aromatic carbocycles. The molecule has 2 saturated heterocycles. The molecule has 2 fully saturated rings. The number of hydrogen-bond donors (Lipinski definition) is 0. The average Bonchev–Trinajstić information content (AvgIpc) is 3.08. The Morgan fingerprint density at radius 1 is 1.26 bits per heavy atom. The van der Waals surface area contributed by atoms with Crippen molar-refractivity contribution in [3.8, 4) is 0 Å². The van der Waals surface area contributed by atoms with Crippen molar-refractivity contribution in [2.24, 2.45) is 5.92 Å². The predicted octanol–water partition coefficient (Wildman–Crippen LogP) is 3.14. The first-order valence-corrected chi connectivity index (χ1v) is 12.9. The summed E-state index contributed by atoms with van der Waals surface area (Å²) < 4.78 is 7.12. The summed E-state index contributed by atoms with van der Waals surface area (Å²) in [4.78, 5) is 49.4. The Balaban J connectivity index is 1.75. The number of ether oxygens (including phenoxy) is 1. The van der Waals surface area contributed by atoms with Crippen LogP contribution in [0, 0.1) is 12.8 Å². The minimum absolute atomic E-state index is 0.194. The van der Waals surface area contributed by atoms with Gasteiger partial charge in [0.15, 0.2) is 0 Å². The molecule has 0 N–H and O–H groups in total. The minimum Gasteiger partial charge on any atom is -0.450 e. The summed E-state index contributed by atoms with van der Waals surface area (Å²) in [5.74, 6) is 0.571. The number of thiocarbonyl (C=S) groups is 1. The van der Waals surface area contributed by atoms with Gasteiger partial charge in [-0.25, -0.2) is 9.78 Å². The molecule has 2 aromatic heterocycles. The number of fused-ring (bicyclic) bond motifs is 1. The molecule has 0 unspecified atom stereocenters. The standard InChI is InChI=1S/C24H29N5O4S2/c1-5-33-23(32)27-11-9-26(10-12-27)20-17(21(30)28-8-6-7-16(4)19(28)25-20)13-18-22(31)29(14-15(2)3)24(34)35-18/h6-8,13,15H,5,9-12,14H2,1-4H3. The van der Waals surface area contributed by atoms with Crippen molar-refractivity contribution in [1.29, 1.82) is 0 Å². The van der Waals surface area contributed by atoms with Crippen LogP contribution in [-0.2, 0) is 9.53 Å². The van der Waals surface area contributed by atoms with Crippen molar-refractivity contribution in [2.75, 3.05) is 44.2 Å². The van der Waals surface area contributed by atoms with Gasteiger partial charge in [0.25, 0.3) is 11.5 Å². The molecule has 4 heterocycles. The number of piperazine rings is 1. The Hall–Kier alpha value is -2.92. The second-order valence-electron chi connectivity index (χ2n) is 8.90. The quantitative estimate of drug-likeness (QED) is 0.443. The number of rotatable bonds is 5. The van der Waals surface area contributed by atoms with E-state index in [2.05, 4.69) is 0 Å². The van der Waals surface area contributed by atoms with Crippen LogP contribution in [0.3, 0.4) is 0 Å². The number of pyridine rings is 1. The summed E-state index contributed by atoms with van der Waals surface area (Å²) >= 11 is 6.65. The van der Waals surface area contributed by atoms with Gasteiger partial charge in [0, 0.05) is 38.9 Å². The molecule has 35 heavy (non-hydrogen) atoms. The lowest BCUT2D eigenvalue weighted by Crippen LogP contribution is -2.49. The second kappa shape index (κ2) is 10.4. The number of aryl methyl sites for hydroxylation is 1. The molecule has 2 amide bonds. The maximum atomic E-state index is 13.6. The molecule has 11 heteroatoms. The van der Waals surface area contributed by atoms with Crippen LogP contribution >= 0.6 is 24.0 Å². The topological polar surface area (TPSA) is 87.5 Å². The third kappa shape index (κ3) is 5.06. The Bertz CT molecular complexity index is 1260. The van der Waals surface area contributed by atoms with Crippen molar-refractivity contribution >= 4 is 57.8 Å². The normalized spacial score (nSPS) is 17.9. The first kappa shape index (κ1) is 25.2. The van der Waals surface area contributed by atoms with E-state index >= 15 is 0 Å². The number of nitrogens with zero attached hydrogens (tertiary/aromatic N) is 5. The third-order valence-electron chi connectivity index (χ3n) is 5.87. The second-order valence-corrected chi connectivity index (χ2v) is 10.6. The van der Waals surface area contributed by atoms with Gasteiger partial charge in [0.2, 0.25) is 0 Å². The lowest BCUT2D eigenvalue weighted by molar-refractivity contribution is -0.122. The summed E-state index contributed by atoms with van der Waals surface area (Å²) in [6.45, 7) is 10.5. The van der Waals surface area contributed by atoms with E-state index in [1.807, 2.05) is 31.7 Å². The van der Waals surface area contributed by atoms with Gasteiger partial charge in [0.05, 0.1) is 17.1 Å². The molecule has 2 aliphatic rings. The number of carbonyl (C=O) groups excluding carboxylic acids is 2. The highest BCUT2D eigenvalue weighted by atomic mass is 32.2. The number of aromatic nitrogens is 2. The molecule has 9 nitrogen and oxygen atoms in total. The third-order valence-corrected chi connectivity index (χ3v) is 7.24. The first-order chi connectivity index (χ1) is 16.7. The van der Waals surface area contributed by atoms with Crippen molar-refractivity contribution in [1.82, 2.24) is 19.2 Å². The van der Waals surface area contributed by atoms with E-state index in [1.165, 1.54) is 16.2 Å². The number of carbonyl (C=O) groups is 2. The van der Waals surface area contributed by atoms with Gasteiger partial charge < -0.3 is 14.5 Å². The molecule has 2 aliphatic heterocycles. The summed E-state index contributed by atoms with van der Waals surface area (Å²) in [5, 5.41) is 0. The summed E-state index contributed by atoms with van der Waals surface area (Å²) in [6.07, 6.45) is 2.96. The Morgan fingerprint density at radius 3 is 2.63 bits per heavy atom. The number of anilines is 1. The van der Waals surface area contributed by atoms with Crippen molar-refractivity contribution in [3.05, 3.63) is 44.7 Å². The number of amides is 2. The van der Waals surface area contributed by atoms with Crippen LogP contribution in [0.1, 0.15) is 31.9 Å². The first-order valence-electron chi connectivity index (χ1n) is 11.6. The molecule has 0 atom stereocenters. The van der Waals surface area contributed by atoms with Gasteiger partial charge >= 0.3 is 6.09 Å². The lowest BCUT2D eigenvalue weighted by atomic mass is 10.2. The van der Waals surface area contributed by atoms with E-state index in [4.69, 9.17) is 21.9 Å². The SMILES string of the molecule is CCOC(=O)N1CCN(c2nc3c(C)cccn3c(=O)c2C=C2SC(=S)N(CC(C)C)C2=O)CC1. The van der Waals surface area contributed by atoms with Crippen LogP contribution in [0.25, 0.3) is 11.7 Å². The van der Waals surface area contributed by atoms with Gasteiger partial charge in [0.1, 0.15) is 15.8 Å². The fraction of sp³-hybridized carbons (Fsp3) is 0.458. The molecule has 0 spiro atoms. The summed E-state index contributed by atoms with van der Waals surface area (Å²) in [7, 11) is 0. The van der Waals surface area contributed by atoms with Crippen molar-refractivity contribution in [3.63, 3.8) is 0 Å². The predicted molar refractivity (Wildman–Crippen MR) is 142 cm³/mol. The van der Waals surface area contributed by atoms with E-state index in [-0.39, 0.29) is 23.5 Å². The molecule has 186 valence electrons. The highest BCUT2D eigenvalue weighted by molar-refractivity contribution is 8.26. The van der Waals surface area contributed by atoms with Gasteiger partial charge in [-0.15, -0.1) is 0 Å². The zero-order valence-corrected chi connectivity index (χ0v) is 21.9. The van der Waals surface area contributed by atoms with E-state index < -0.39 is 0 Å². The number of hydrogen-bond acceptors (Lipinski definition) is 8. The molecule has 0 aliphatic carbocycles. The number of thioether (sulfide) groups is 1. The molecule has 4 rings (SSSR count). The Kier molecular flexibility index (Phi) is 7.46. The zero-order chi connectivity index (χ0) is 25.3. The molecule has 0 bridgehead atoms. The summed E-state index contributed by atoms with van der Waals surface area (Å²) in [5.41, 5.74) is 1.51. The van der Waals surface area contributed by atoms with Crippen LogP contribution in [-0.4, -0.2) is 74.8 Å². The average molecular weight is 516 g/mol. The van der Waals surface area contributed by atoms with Crippen molar-refractivity contribution in [2.45, 2.75) is 27.7 Å². The maximum absolute atomic E-state index is 13.6. The van der Waals surface area contributed by atoms with Gasteiger partial charge in [-0.1, -0.05) is 43.9 Å². The van der Waals surface area contributed by atoms with E-state index in [9.17, 15) is 14.4 Å².